The third-order valence-corrected chi connectivity index (χ3v) is 5.65. The lowest BCUT2D eigenvalue weighted by Gasteiger charge is -2.34. The molecule has 1 aromatic carbocycles. The van der Waals surface area contributed by atoms with E-state index in [4.69, 9.17) is 0 Å². The average molecular weight is 420 g/mol. The maximum atomic E-state index is 13.5. The van der Waals surface area contributed by atoms with E-state index >= 15 is 0 Å². The first kappa shape index (κ1) is 21.2. The first-order valence-electron chi connectivity index (χ1n) is 9.63. The van der Waals surface area contributed by atoms with Gasteiger partial charge in [-0.25, -0.2) is 14.2 Å². The highest BCUT2D eigenvalue weighted by Gasteiger charge is 2.21. The van der Waals surface area contributed by atoms with Gasteiger partial charge in [0.25, 0.3) is 5.91 Å². The lowest BCUT2D eigenvalue weighted by molar-refractivity contribution is 0.0952. The predicted molar refractivity (Wildman–Crippen MR) is 111 cm³/mol. The second-order valence-electron chi connectivity index (χ2n) is 7.07. The van der Waals surface area contributed by atoms with Crippen LogP contribution in [0.2, 0.25) is 0 Å². The quantitative estimate of drug-likeness (QED) is 0.704. The molecule has 0 spiro atoms. The summed E-state index contributed by atoms with van der Waals surface area (Å²) in [6, 6.07) is 4.24. The van der Waals surface area contributed by atoms with Crippen molar-refractivity contribution in [3.8, 4) is 0 Å². The van der Waals surface area contributed by atoms with Gasteiger partial charge in [-0.1, -0.05) is 6.07 Å². The highest BCUT2D eigenvalue weighted by Crippen LogP contribution is 2.12. The lowest BCUT2D eigenvalue weighted by Crippen LogP contribution is -2.52. The minimum atomic E-state index is -0.407. The number of urea groups is 1. The van der Waals surface area contributed by atoms with Crippen LogP contribution < -0.4 is 10.6 Å². The molecule has 0 atom stereocenters. The Morgan fingerprint density at radius 3 is 2.52 bits per heavy atom. The number of benzene rings is 1. The number of rotatable bonds is 6. The van der Waals surface area contributed by atoms with Gasteiger partial charge in [-0.2, -0.15) is 0 Å². The molecular formula is C20H26FN5O2S. The van der Waals surface area contributed by atoms with Crippen molar-refractivity contribution in [2.75, 3.05) is 39.3 Å². The van der Waals surface area contributed by atoms with E-state index < -0.39 is 5.82 Å². The molecule has 2 N–H and O–H groups in total. The van der Waals surface area contributed by atoms with Gasteiger partial charge in [-0.15, -0.1) is 11.3 Å². The number of amides is 3. The van der Waals surface area contributed by atoms with Crippen molar-refractivity contribution < 1.29 is 14.0 Å². The Kier molecular flexibility index (Phi) is 7.16. The normalized spacial score (nSPS) is 14.7. The summed E-state index contributed by atoms with van der Waals surface area (Å²) in [4.78, 5) is 32.9. The fourth-order valence-electron chi connectivity index (χ4n) is 3.11. The first-order valence-corrected chi connectivity index (χ1v) is 10.5. The number of carbonyl (C=O) groups is 2. The maximum Gasteiger partial charge on any atom is 0.317 e. The van der Waals surface area contributed by atoms with Crippen LogP contribution in [0, 0.1) is 19.7 Å². The molecule has 1 saturated heterocycles. The van der Waals surface area contributed by atoms with Gasteiger partial charge in [0.05, 0.1) is 10.7 Å². The van der Waals surface area contributed by atoms with Gasteiger partial charge in [0, 0.05) is 56.8 Å². The van der Waals surface area contributed by atoms with E-state index in [0.717, 1.165) is 30.3 Å². The Balaban J connectivity index is 1.33. The summed E-state index contributed by atoms with van der Waals surface area (Å²) in [6.07, 6.45) is 0. The number of nitrogens with one attached hydrogen (secondary N) is 2. The third-order valence-electron chi connectivity index (χ3n) is 4.83. The van der Waals surface area contributed by atoms with Gasteiger partial charge in [0.1, 0.15) is 5.82 Å². The topological polar surface area (TPSA) is 77.6 Å². The second-order valence-corrected chi connectivity index (χ2v) is 8.14. The van der Waals surface area contributed by atoms with Gasteiger partial charge < -0.3 is 15.5 Å². The van der Waals surface area contributed by atoms with Crippen LogP contribution in [-0.2, 0) is 6.54 Å². The minimum Gasteiger partial charge on any atom is -0.350 e. The second kappa shape index (κ2) is 9.80. The molecule has 1 aliphatic rings. The summed E-state index contributed by atoms with van der Waals surface area (Å²) in [6.45, 7) is 7.98. The SMILES string of the molecule is Cc1nc(CN2CCN(C(=O)NCCNC(=O)c3ccc(C)c(F)c3)CC2)cs1. The standard InChI is InChI=1S/C20H26FN5O2S/c1-14-3-4-16(11-18(14)21)19(27)22-5-6-23-20(28)26-9-7-25(8-10-26)12-17-13-29-15(2)24-17/h3-4,11,13H,5-10,12H2,1-2H3,(H,22,27)(H,23,28). The third kappa shape index (κ3) is 5.98. The zero-order valence-electron chi connectivity index (χ0n) is 16.7. The summed E-state index contributed by atoms with van der Waals surface area (Å²) in [5, 5.41) is 8.65. The maximum absolute atomic E-state index is 13.5. The predicted octanol–water partition coefficient (Wildman–Crippen LogP) is 2.16. The van der Waals surface area contributed by atoms with Crippen molar-refractivity contribution in [3.05, 3.63) is 51.2 Å². The first-order chi connectivity index (χ1) is 13.9. The highest BCUT2D eigenvalue weighted by atomic mass is 32.1. The molecule has 0 aliphatic carbocycles. The molecule has 29 heavy (non-hydrogen) atoms. The molecule has 2 heterocycles. The van der Waals surface area contributed by atoms with Crippen molar-refractivity contribution in [1.82, 2.24) is 25.4 Å². The Morgan fingerprint density at radius 2 is 1.86 bits per heavy atom. The van der Waals surface area contributed by atoms with Crippen molar-refractivity contribution in [2.45, 2.75) is 20.4 Å². The Hall–Kier alpha value is -2.52. The number of carbonyl (C=O) groups excluding carboxylic acids is 2. The number of aromatic nitrogens is 1. The van der Waals surface area contributed by atoms with Crippen LogP contribution in [0.4, 0.5) is 9.18 Å². The van der Waals surface area contributed by atoms with Crippen LogP contribution in [0.3, 0.4) is 0 Å². The van der Waals surface area contributed by atoms with Gasteiger partial charge in [0.15, 0.2) is 0 Å². The summed E-state index contributed by atoms with van der Waals surface area (Å²) in [5.74, 6) is -0.765. The Morgan fingerprint density at radius 1 is 1.14 bits per heavy atom. The molecule has 3 amide bonds. The van der Waals surface area contributed by atoms with Crippen LogP contribution in [0.15, 0.2) is 23.6 Å². The molecule has 0 bridgehead atoms. The van der Waals surface area contributed by atoms with E-state index in [9.17, 15) is 14.0 Å². The monoisotopic (exact) mass is 419 g/mol. The molecule has 2 aromatic rings. The molecule has 0 unspecified atom stereocenters. The highest BCUT2D eigenvalue weighted by molar-refractivity contribution is 7.09. The van der Waals surface area contributed by atoms with Crippen LogP contribution in [0.5, 0.6) is 0 Å². The Bertz CT molecular complexity index is 864. The molecule has 1 aromatic heterocycles. The number of thiazole rings is 1. The van der Waals surface area contributed by atoms with Crippen molar-refractivity contribution in [3.63, 3.8) is 0 Å². The molecule has 0 saturated carbocycles. The number of halogens is 1. The number of aryl methyl sites for hydroxylation is 2. The zero-order valence-corrected chi connectivity index (χ0v) is 17.5. The lowest BCUT2D eigenvalue weighted by atomic mass is 10.1. The van der Waals surface area contributed by atoms with Crippen LogP contribution >= 0.6 is 11.3 Å². The molecule has 156 valence electrons. The van der Waals surface area contributed by atoms with Gasteiger partial charge in [0.2, 0.25) is 0 Å². The average Bonchev–Trinajstić information content (AvgIpc) is 3.12. The van der Waals surface area contributed by atoms with Crippen molar-refractivity contribution >= 4 is 23.3 Å². The zero-order chi connectivity index (χ0) is 20.8. The minimum absolute atomic E-state index is 0.134. The van der Waals surface area contributed by atoms with E-state index in [1.807, 2.05) is 6.92 Å². The van der Waals surface area contributed by atoms with E-state index in [1.165, 1.54) is 6.07 Å². The van der Waals surface area contributed by atoms with Crippen molar-refractivity contribution in [2.24, 2.45) is 0 Å². The fraction of sp³-hybridized carbons (Fsp3) is 0.450. The molecule has 3 rings (SSSR count). The van der Waals surface area contributed by atoms with Crippen LogP contribution in [0.25, 0.3) is 0 Å². The Labute approximate surface area is 173 Å². The van der Waals surface area contributed by atoms with E-state index in [0.29, 0.717) is 25.2 Å². The number of piperazine rings is 1. The molecule has 9 heteroatoms. The molecule has 0 radical (unpaired) electrons. The van der Waals surface area contributed by atoms with Gasteiger partial charge >= 0.3 is 6.03 Å². The smallest absolute Gasteiger partial charge is 0.317 e. The molecule has 1 aliphatic heterocycles. The van der Waals surface area contributed by atoms with Crippen LogP contribution in [0.1, 0.15) is 26.6 Å². The van der Waals surface area contributed by atoms with E-state index in [2.05, 4.69) is 25.9 Å². The molecule has 7 nitrogen and oxygen atoms in total. The van der Waals surface area contributed by atoms with Gasteiger partial charge in [-0.05, 0) is 31.5 Å². The largest absolute Gasteiger partial charge is 0.350 e. The van der Waals surface area contributed by atoms with Crippen LogP contribution in [-0.4, -0.2) is 66.0 Å². The summed E-state index contributed by atoms with van der Waals surface area (Å²) >= 11 is 1.65. The fourth-order valence-corrected chi connectivity index (χ4v) is 3.72. The van der Waals surface area contributed by atoms with E-state index in [1.54, 1.807) is 35.3 Å². The molecule has 1 fully saturated rings. The van der Waals surface area contributed by atoms with Gasteiger partial charge in [-0.3, -0.25) is 9.69 Å². The number of hydrogen-bond acceptors (Lipinski definition) is 5. The van der Waals surface area contributed by atoms with E-state index in [-0.39, 0.29) is 24.0 Å². The molecular weight excluding hydrogens is 393 g/mol. The number of nitrogens with zero attached hydrogens (tertiary/aromatic N) is 3. The summed E-state index contributed by atoms with van der Waals surface area (Å²) in [7, 11) is 0. The van der Waals surface area contributed by atoms with Crippen molar-refractivity contribution in [1.29, 1.82) is 0 Å². The number of hydrogen-bond donors (Lipinski definition) is 2. The summed E-state index contributed by atoms with van der Waals surface area (Å²) < 4.78 is 13.5. The summed E-state index contributed by atoms with van der Waals surface area (Å²) in [5.41, 5.74) is 1.84.